The number of nitrogens with one attached hydrogen (secondary N) is 1. The molecule has 1 aliphatic rings. The topological polar surface area (TPSA) is 105 Å². The molecule has 0 radical (unpaired) electrons. The Morgan fingerprint density at radius 3 is 2.62 bits per heavy atom. The fraction of sp³-hybridized carbons (Fsp3) is 0.700. The number of carbonyl (C=O) groups is 2. The molecule has 0 saturated heterocycles. The predicted octanol–water partition coefficient (Wildman–Crippen LogP) is -0.484. The van der Waals surface area contributed by atoms with Crippen LogP contribution in [0.4, 0.5) is 0 Å². The highest BCUT2D eigenvalue weighted by Gasteiger charge is 2.47. The third kappa shape index (κ3) is 2.21. The zero-order valence-corrected chi connectivity index (χ0v) is 9.32. The monoisotopic (exact) mass is 227 g/mol. The zero-order chi connectivity index (χ0) is 12.2. The van der Waals surface area contributed by atoms with Gasteiger partial charge in [-0.2, -0.15) is 4.99 Å². The van der Waals surface area contributed by atoms with E-state index in [1.807, 2.05) is 6.92 Å². The summed E-state index contributed by atoms with van der Waals surface area (Å²) in [6.07, 6.45) is 2.08. The van der Waals surface area contributed by atoms with Gasteiger partial charge in [0.25, 0.3) is 5.91 Å². The number of amides is 2. The highest BCUT2D eigenvalue weighted by Crippen LogP contribution is 2.32. The van der Waals surface area contributed by atoms with Crippen LogP contribution in [-0.2, 0) is 9.59 Å². The number of unbranched alkanes of at least 4 members (excludes halogenated alkanes) is 1. The molecule has 1 unspecified atom stereocenters. The Balaban J connectivity index is 2.98. The minimum Gasteiger partial charge on any atom is -0.396 e. The maximum absolute atomic E-state index is 11.8. The number of nitrogens with two attached hydrogens (primary N) is 1. The highest BCUT2D eigenvalue weighted by molar-refractivity contribution is 6.17. The Bertz CT molecular complexity index is 327. The van der Waals surface area contributed by atoms with Gasteiger partial charge in [-0.15, -0.1) is 0 Å². The summed E-state index contributed by atoms with van der Waals surface area (Å²) >= 11 is 0. The van der Waals surface area contributed by atoms with Crippen molar-refractivity contribution in [2.45, 2.75) is 32.6 Å². The fourth-order valence-electron chi connectivity index (χ4n) is 1.81. The number of hydrogen-bond donors (Lipinski definition) is 3. The zero-order valence-electron chi connectivity index (χ0n) is 9.32. The van der Waals surface area contributed by atoms with Gasteiger partial charge in [-0.3, -0.25) is 14.9 Å². The quantitative estimate of drug-likeness (QED) is 0.551. The molecule has 0 aromatic heterocycles. The second kappa shape index (κ2) is 5.07. The number of aliphatic hydroxyl groups excluding tert-OH is 1. The Labute approximate surface area is 93.9 Å². The summed E-state index contributed by atoms with van der Waals surface area (Å²) in [5.74, 6) is -1.16. The third-order valence-electron chi connectivity index (χ3n) is 2.80. The van der Waals surface area contributed by atoms with Crippen molar-refractivity contribution in [3.63, 3.8) is 0 Å². The first-order chi connectivity index (χ1) is 7.56. The van der Waals surface area contributed by atoms with Crippen LogP contribution in [0.15, 0.2) is 4.99 Å². The Morgan fingerprint density at radius 1 is 1.44 bits per heavy atom. The van der Waals surface area contributed by atoms with E-state index in [4.69, 9.17) is 10.8 Å². The lowest BCUT2D eigenvalue weighted by atomic mass is 9.77. The van der Waals surface area contributed by atoms with E-state index in [2.05, 4.69) is 10.3 Å². The van der Waals surface area contributed by atoms with Crippen molar-refractivity contribution in [2.75, 3.05) is 6.61 Å². The molecule has 0 aliphatic carbocycles. The molecule has 1 rings (SSSR count). The van der Waals surface area contributed by atoms with E-state index in [0.29, 0.717) is 6.42 Å². The molecule has 6 nitrogen and oxygen atoms in total. The summed E-state index contributed by atoms with van der Waals surface area (Å²) < 4.78 is 0. The SMILES string of the molecule is CCCCC1(CCO)C(=O)N=C(N)NC1=O. The van der Waals surface area contributed by atoms with Crippen molar-refractivity contribution in [3.8, 4) is 0 Å². The van der Waals surface area contributed by atoms with Crippen molar-refractivity contribution in [3.05, 3.63) is 0 Å². The van der Waals surface area contributed by atoms with Crippen molar-refractivity contribution in [1.29, 1.82) is 0 Å². The molecule has 2 amide bonds. The van der Waals surface area contributed by atoms with Gasteiger partial charge in [0.1, 0.15) is 5.41 Å². The Morgan fingerprint density at radius 2 is 2.12 bits per heavy atom. The van der Waals surface area contributed by atoms with Crippen molar-refractivity contribution in [2.24, 2.45) is 16.1 Å². The molecule has 0 bridgehead atoms. The van der Waals surface area contributed by atoms with Crippen LogP contribution in [0.3, 0.4) is 0 Å². The van der Waals surface area contributed by atoms with Gasteiger partial charge in [0.2, 0.25) is 11.9 Å². The molecule has 6 heteroatoms. The summed E-state index contributed by atoms with van der Waals surface area (Å²) in [5, 5.41) is 11.3. The molecule has 0 fully saturated rings. The number of guanidine groups is 1. The second-order valence-corrected chi connectivity index (χ2v) is 3.92. The fourth-order valence-corrected chi connectivity index (χ4v) is 1.81. The number of aliphatic hydroxyl groups is 1. The van der Waals surface area contributed by atoms with Gasteiger partial charge < -0.3 is 10.8 Å². The van der Waals surface area contributed by atoms with Crippen LogP contribution in [0.25, 0.3) is 0 Å². The maximum Gasteiger partial charge on any atom is 0.264 e. The summed E-state index contributed by atoms with van der Waals surface area (Å²) in [7, 11) is 0. The second-order valence-electron chi connectivity index (χ2n) is 3.92. The van der Waals surface area contributed by atoms with E-state index >= 15 is 0 Å². The summed E-state index contributed by atoms with van der Waals surface area (Å²) in [6, 6.07) is 0. The summed E-state index contributed by atoms with van der Waals surface area (Å²) in [5.41, 5.74) is 4.07. The first-order valence-electron chi connectivity index (χ1n) is 5.37. The predicted molar refractivity (Wildman–Crippen MR) is 58.4 cm³/mol. The summed E-state index contributed by atoms with van der Waals surface area (Å²) in [4.78, 5) is 27.2. The van der Waals surface area contributed by atoms with E-state index in [-0.39, 0.29) is 19.0 Å². The average Bonchev–Trinajstić information content (AvgIpc) is 2.22. The van der Waals surface area contributed by atoms with Gasteiger partial charge in [0, 0.05) is 6.61 Å². The maximum atomic E-state index is 11.8. The molecule has 90 valence electrons. The molecule has 1 atom stereocenters. The average molecular weight is 227 g/mol. The molecule has 0 aromatic rings. The van der Waals surface area contributed by atoms with Gasteiger partial charge in [-0.1, -0.05) is 19.8 Å². The lowest BCUT2D eigenvalue weighted by molar-refractivity contribution is -0.143. The smallest absolute Gasteiger partial charge is 0.264 e. The van der Waals surface area contributed by atoms with Crippen LogP contribution in [0.5, 0.6) is 0 Å². The molecule has 0 spiro atoms. The van der Waals surface area contributed by atoms with Crippen LogP contribution in [-0.4, -0.2) is 29.5 Å². The van der Waals surface area contributed by atoms with E-state index in [0.717, 1.165) is 12.8 Å². The van der Waals surface area contributed by atoms with Gasteiger partial charge >= 0.3 is 0 Å². The van der Waals surface area contributed by atoms with Crippen molar-refractivity contribution >= 4 is 17.8 Å². The lowest BCUT2D eigenvalue weighted by Crippen LogP contribution is -2.55. The Hall–Kier alpha value is -1.43. The molecule has 0 saturated carbocycles. The van der Waals surface area contributed by atoms with Crippen LogP contribution < -0.4 is 11.1 Å². The van der Waals surface area contributed by atoms with Gasteiger partial charge in [0.15, 0.2) is 0 Å². The minimum absolute atomic E-state index is 0.0917. The first-order valence-corrected chi connectivity index (χ1v) is 5.37. The van der Waals surface area contributed by atoms with Gasteiger partial charge in [-0.05, 0) is 12.8 Å². The van der Waals surface area contributed by atoms with E-state index in [1.165, 1.54) is 0 Å². The van der Waals surface area contributed by atoms with Gasteiger partial charge in [0.05, 0.1) is 0 Å². The number of hydrogen-bond acceptors (Lipinski definition) is 4. The molecule has 1 aliphatic heterocycles. The third-order valence-corrected chi connectivity index (χ3v) is 2.80. The van der Waals surface area contributed by atoms with Crippen LogP contribution in [0.1, 0.15) is 32.6 Å². The molecule has 16 heavy (non-hydrogen) atoms. The number of carbonyl (C=O) groups excluding carboxylic acids is 2. The number of rotatable bonds is 5. The van der Waals surface area contributed by atoms with Gasteiger partial charge in [-0.25, -0.2) is 0 Å². The molecular formula is C10H17N3O3. The molecule has 1 heterocycles. The van der Waals surface area contributed by atoms with E-state index in [9.17, 15) is 9.59 Å². The lowest BCUT2D eigenvalue weighted by Gasteiger charge is -2.31. The molecule has 0 aromatic carbocycles. The Kier molecular flexibility index (Phi) is 4.00. The normalized spacial score (nSPS) is 25.2. The van der Waals surface area contributed by atoms with E-state index < -0.39 is 17.2 Å². The highest BCUT2D eigenvalue weighted by atomic mass is 16.3. The number of nitrogens with zero attached hydrogens (tertiary/aromatic N) is 1. The van der Waals surface area contributed by atoms with Crippen LogP contribution in [0, 0.1) is 5.41 Å². The van der Waals surface area contributed by atoms with Crippen LogP contribution >= 0.6 is 0 Å². The van der Waals surface area contributed by atoms with Crippen molar-refractivity contribution < 1.29 is 14.7 Å². The van der Waals surface area contributed by atoms with Crippen LogP contribution in [0.2, 0.25) is 0 Å². The molecular weight excluding hydrogens is 210 g/mol. The van der Waals surface area contributed by atoms with Crippen molar-refractivity contribution in [1.82, 2.24) is 5.32 Å². The minimum atomic E-state index is -1.23. The first kappa shape index (κ1) is 12.6. The van der Waals surface area contributed by atoms with E-state index in [1.54, 1.807) is 0 Å². The number of aliphatic imine (C=N–C) groups is 1. The molecule has 4 N–H and O–H groups in total. The standard InChI is InChI=1S/C10H17N3O3/c1-2-3-4-10(5-6-14)7(15)12-9(11)13-8(10)16/h14H,2-6H2,1H3,(H3,11,12,13,15,16). The summed E-state index contributed by atoms with van der Waals surface area (Å²) in [6.45, 7) is 1.74. The largest absolute Gasteiger partial charge is 0.396 e.